The van der Waals surface area contributed by atoms with Crippen LogP contribution in [0, 0.1) is 11.3 Å². The van der Waals surface area contributed by atoms with Crippen molar-refractivity contribution in [2.24, 2.45) is 0 Å². The lowest BCUT2D eigenvalue weighted by atomic mass is 10.2. The smallest absolute Gasteiger partial charge is 0.276 e. The maximum atomic E-state index is 12.1. The largest absolute Gasteiger partial charge is 0.321 e. The molecular formula is C10H12N4OS. The Balaban J connectivity index is 2.13. The fraction of sp³-hybridized carbons (Fsp3) is 0.600. The van der Waals surface area contributed by atoms with E-state index >= 15 is 0 Å². The third-order valence-corrected chi connectivity index (χ3v) is 3.35. The normalized spacial score (nSPS) is 15.9. The quantitative estimate of drug-likeness (QED) is 0.745. The molecule has 0 aliphatic heterocycles. The summed E-state index contributed by atoms with van der Waals surface area (Å²) in [6.07, 6.45) is 4.25. The molecule has 1 aromatic heterocycles. The lowest BCUT2D eigenvalue weighted by molar-refractivity contribution is 0.0703. The molecule has 0 N–H and O–H groups in total. The van der Waals surface area contributed by atoms with Gasteiger partial charge in [-0.25, -0.2) is 0 Å². The maximum absolute atomic E-state index is 12.1. The van der Waals surface area contributed by atoms with Crippen LogP contribution in [-0.4, -0.2) is 33.0 Å². The molecule has 1 heterocycles. The average Bonchev–Trinajstić information content (AvgIpc) is 2.96. The topological polar surface area (TPSA) is 69.9 Å². The highest BCUT2D eigenvalue weighted by Crippen LogP contribution is 2.24. The van der Waals surface area contributed by atoms with Crippen molar-refractivity contribution in [3.05, 3.63) is 11.1 Å². The van der Waals surface area contributed by atoms with E-state index in [-0.39, 0.29) is 18.5 Å². The van der Waals surface area contributed by atoms with Crippen LogP contribution < -0.4 is 0 Å². The van der Waals surface area contributed by atoms with Gasteiger partial charge in [-0.3, -0.25) is 4.79 Å². The van der Waals surface area contributed by atoms with E-state index in [0.29, 0.717) is 5.69 Å². The van der Waals surface area contributed by atoms with E-state index in [2.05, 4.69) is 9.59 Å². The summed E-state index contributed by atoms with van der Waals surface area (Å²) in [5.41, 5.74) is 0.354. The highest BCUT2D eigenvalue weighted by atomic mass is 32.1. The Bertz CT molecular complexity index is 391. The van der Waals surface area contributed by atoms with Crippen LogP contribution in [0.15, 0.2) is 5.38 Å². The summed E-state index contributed by atoms with van der Waals surface area (Å²) in [7, 11) is 0. The Labute approximate surface area is 97.8 Å². The van der Waals surface area contributed by atoms with Gasteiger partial charge in [0.1, 0.15) is 6.54 Å². The van der Waals surface area contributed by atoms with Crippen LogP contribution in [0.4, 0.5) is 0 Å². The van der Waals surface area contributed by atoms with Gasteiger partial charge in [-0.05, 0) is 24.4 Å². The fourth-order valence-corrected chi connectivity index (χ4v) is 2.49. The van der Waals surface area contributed by atoms with Crippen molar-refractivity contribution in [2.75, 3.05) is 6.54 Å². The Hall–Kier alpha value is -1.48. The Morgan fingerprint density at radius 2 is 2.38 bits per heavy atom. The zero-order valence-corrected chi connectivity index (χ0v) is 9.61. The van der Waals surface area contributed by atoms with E-state index in [4.69, 9.17) is 5.26 Å². The van der Waals surface area contributed by atoms with Gasteiger partial charge >= 0.3 is 0 Å². The number of hydrogen-bond acceptors (Lipinski definition) is 5. The van der Waals surface area contributed by atoms with Crippen LogP contribution in [0.3, 0.4) is 0 Å². The molecular weight excluding hydrogens is 224 g/mol. The molecule has 1 aliphatic carbocycles. The van der Waals surface area contributed by atoms with Crippen LogP contribution in [-0.2, 0) is 0 Å². The van der Waals surface area contributed by atoms with Crippen LogP contribution in [0.5, 0.6) is 0 Å². The van der Waals surface area contributed by atoms with Gasteiger partial charge in [0.15, 0.2) is 5.69 Å². The van der Waals surface area contributed by atoms with Crippen molar-refractivity contribution in [1.82, 2.24) is 14.5 Å². The number of nitriles is 1. The van der Waals surface area contributed by atoms with Gasteiger partial charge < -0.3 is 4.90 Å². The molecule has 2 rings (SSSR count). The third kappa shape index (κ3) is 2.19. The van der Waals surface area contributed by atoms with E-state index < -0.39 is 0 Å². The van der Waals surface area contributed by atoms with Crippen molar-refractivity contribution in [3.8, 4) is 6.07 Å². The van der Waals surface area contributed by atoms with Gasteiger partial charge in [0.2, 0.25) is 0 Å². The molecule has 0 spiro atoms. The highest BCUT2D eigenvalue weighted by molar-refractivity contribution is 7.03. The number of aromatic nitrogens is 2. The predicted molar refractivity (Wildman–Crippen MR) is 58.8 cm³/mol. The van der Waals surface area contributed by atoms with Gasteiger partial charge in [-0.1, -0.05) is 17.3 Å². The molecule has 1 saturated carbocycles. The third-order valence-electron chi connectivity index (χ3n) is 2.85. The SMILES string of the molecule is N#CCN(C(=O)c1csnn1)C1CCCC1. The Morgan fingerprint density at radius 1 is 1.62 bits per heavy atom. The second-order valence-electron chi connectivity index (χ2n) is 3.82. The van der Waals surface area contributed by atoms with Crippen LogP contribution in [0.2, 0.25) is 0 Å². The number of nitrogens with zero attached hydrogens (tertiary/aromatic N) is 4. The molecule has 1 fully saturated rings. The molecule has 1 aliphatic rings. The molecule has 5 nitrogen and oxygen atoms in total. The van der Waals surface area contributed by atoms with Crippen LogP contribution in [0.25, 0.3) is 0 Å². The van der Waals surface area contributed by atoms with Crippen molar-refractivity contribution >= 4 is 17.4 Å². The van der Waals surface area contributed by atoms with Crippen molar-refractivity contribution in [1.29, 1.82) is 5.26 Å². The van der Waals surface area contributed by atoms with E-state index in [0.717, 1.165) is 37.2 Å². The lowest BCUT2D eigenvalue weighted by Gasteiger charge is -2.25. The van der Waals surface area contributed by atoms with Crippen LogP contribution in [0.1, 0.15) is 36.2 Å². The first-order valence-corrected chi connectivity index (χ1v) is 6.11. The summed E-state index contributed by atoms with van der Waals surface area (Å²) >= 11 is 1.15. The summed E-state index contributed by atoms with van der Waals surface area (Å²) in [5.74, 6) is -0.165. The first kappa shape index (κ1) is 11.0. The fourth-order valence-electron chi connectivity index (χ4n) is 2.06. The second kappa shape index (κ2) is 5.03. The standard InChI is InChI=1S/C10H12N4OS/c11-5-6-14(8-3-1-2-4-8)10(15)9-7-16-13-12-9/h7-8H,1-4,6H2. The first-order chi connectivity index (χ1) is 7.83. The Kier molecular flexibility index (Phi) is 3.47. The molecule has 0 bridgehead atoms. The van der Waals surface area contributed by atoms with Gasteiger partial charge in [-0.2, -0.15) is 5.26 Å². The summed E-state index contributed by atoms with van der Waals surface area (Å²) in [6.45, 7) is 0.140. The molecule has 0 radical (unpaired) electrons. The molecule has 1 amide bonds. The number of carbonyl (C=O) groups is 1. The molecule has 6 heteroatoms. The molecule has 0 atom stereocenters. The summed E-state index contributed by atoms with van der Waals surface area (Å²) in [5, 5.41) is 14.2. The number of amides is 1. The zero-order valence-electron chi connectivity index (χ0n) is 8.80. The molecule has 0 saturated heterocycles. The summed E-state index contributed by atoms with van der Waals surface area (Å²) < 4.78 is 3.67. The average molecular weight is 236 g/mol. The predicted octanol–water partition coefficient (Wildman–Crippen LogP) is 1.45. The van der Waals surface area contributed by atoms with Crippen molar-refractivity contribution in [2.45, 2.75) is 31.7 Å². The minimum absolute atomic E-state index is 0.140. The minimum atomic E-state index is -0.165. The molecule has 16 heavy (non-hydrogen) atoms. The maximum Gasteiger partial charge on any atom is 0.276 e. The molecule has 84 valence electrons. The van der Waals surface area contributed by atoms with Gasteiger partial charge in [0.25, 0.3) is 5.91 Å². The van der Waals surface area contributed by atoms with E-state index in [1.54, 1.807) is 10.3 Å². The number of carbonyl (C=O) groups excluding carboxylic acids is 1. The minimum Gasteiger partial charge on any atom is -0.321 e. The Morgan fingerprint density at radius 3 is 2.94 bits per heavy atom. The second-order valence-corrected chi connectivity index (χ2v) is 4.43. The number of rotatable bonds is 3. The lowest BCUT2D eigenvalue weighted by Crippen LogP contribution is -2.39. The monoisotopic (exact) mass is 236 g/mol. The van der Waals surface area contributed by atoms with Gasteiger partial charge in [-0.15, -0.1) is 5.10 Å². The van der Waals surface area contributed by atoms with Crippen LogP contribution >= 0.6 is 11.5 Å². The summed E-state index contributed by atoms with van der Waals surface area (Å²) in [6, 6.07) is 2.25. The highest BCUT2D eigenvalue weighted by Gasteiger charge is 2.28. The zero-order chi connectivity index (χ0) is 11.4. The van der Waals surface area contributed by atoms with E-state index in [1.165, 1.54) is 0 Å². The van der Waals surface area contributed by atoms with Crippen molar-refractivity contribution < 1.29 is 4.79 Å². The van der Waals surface area contributed by atoms with E-state index in [1.807, 2.05) is 6.07 Å². The summed E-state index contributed by atoms with van der Waals surface area (Å²) in [4.78, 5) is 13.7. The first-order valence-electron chi connectivity index (χ1n) is 5.28. The molecule has 1 aromatic rings. The molecule has 0 unspecified atom stereocenters. The van der Waals surface area contributed by atoms with E-state index in [9.17, 15) is 4.79 Å². The number of hydrogen-bond donors (Lipinski definition) is 0. The van der Waals surface area contributed by atoms with Gasteiger partial charge in [0, 0.05) is 11.4 Å². The van der Waals surface area contributed by atoms with Crippen molar-refractivity contribution in [3.63, 3.8) is 0 Å². The van der Waals surface area contributed by atoms with Gasteiger partial charge in [0.05, 0.1) is 6.07 Å². The molecule has 0 aromatic carbocycles.